The first kappa shape index (κ1) is 64.0. The van der Waals surface area contributed by atoms with Crippen LogP contribution in [0.3, 0.4) is 0 Å². The zero-order valence-corrected chi connectivity index (χ0v) is 46.7. The van der Waals surface area contributed by atoms with Gasteiger partial charge in [-0.25, -0.2) is 30.2 Å². The highest BCUT2D eigenvalue weighted by atomic mass is 32.2. The molecule has 0 aliphatic rings. The van der Waals surface area contributed by atoms with Crippen LogP contribution >= 0.6 is 36.1 Å². The maximum absolute atomic E-state index is 13.1. The van der Waals surface area contributed by atoms with Crippen LogP contribution in [0.5, 0.6) is 17.2 Å². The molecule has 0 saturated carbocycles. The molecule has 0 aliphatic carbocycles. The van der Waals surface area contributed by atoms with Crippen LogP contribution in [0.15, 0.2) is 161 Å². The van der Waals surface area contributed by atoms with Gasteiger partial charge < -0.3 is 36.4 Å². The number of azo groups is 4. The second-order valence-corrected chi connectivity index (χ2v) is 23.0. The van der Waals surface area contributed by atoms with Crippen LogP contribution in [0.1, 0.15) is 31.1 Å². The van der Waals surface area contributed by atoms with E-state index in [4.69, 9.17) is 21.5 Å². The van der Waals surface area contributed by atoms with Gasteiger partial charge in [-0.1, -0.05) is 21.2 Å². The highest BCUT2D eigenvalue weighted by Gasteiger charge is 2.30. The summed E-state index contributed by atoms with van der Waals surface area (Å²) in [5, 5.41) is 129. The van der Waals surface area contributed by atoms with Crippen molar-refractivity contribution in [3.8, 4) is 17.2 Å². The number of carboxylic acids is 3. The molecular formula is C45H29N9O27S6. The van der Waals surface area contributed by atoms with Gasteiger partial charge in [0.1, 0.15) is 54.5 Å². The van der Waals surface area contributed by atoms with Crippen molar-refractivity contribution in [1.29, 1.82) is 0 Å². The number of hydrogen-bond donors (Lipinski definition) is 13. The predicted octanol–water partition coefficient (Wildman–Crippen LogP) is 11.6. The Balaban J connectivity index is 1.25. The van der Waals surface area contributed by atoms with Crippen molar-refractivity contribution in [2.24, 2.45) is 40.9 Å². The van der Waals surface area contributed by atoms with Crippen LogP contribution in [-0.4, -0.2) is 103 Å². The molecule has 0 bridgehead atoms. The highest BCUT2D eigenvalue weighted by Crippen LogP contribution is 2.52. The maximum atomic E-state index is 13.1. The minimum atomic E-state index is -5.67. The van der Waals surface area contributed by atoms with Crippen molar-refractivity contribution in [3.63, 3.8) is 0 Å². The molecule has 87 heavy (non-hydrogen) atoms. The molecular weight excluding hydrogens is 1290 g/mol. The van der Waals surface area contributed by atoms with E-state index in [1.807, 2.05) is 0 Å². The number of fused-ring (bicyclic) bond motifs is 3. The standard InChI is InChI=1S/C45H29N9O27S6/c46-35-29(51-48-26-8-7-20-24(42(26)87(73,74)75)14-33(86(70,71)72)38(39(20)55)54-49-27-9-17(43(58)59)2-5-21(27)44(60)61)15-32(85(67,68)69)25-13-31(84-81-78-66)37(41(57)34(25)35)52-47-18-3-1-16-10-30(83-80-77-65)36(40(56)23(16)11-18)53-50-28-12-19(82-79-76-64)4-6-22(28)45(62)63/h1-15,55-57,64-66H,46H2,(H,58,59)(H,60,61)(H,62,63)(H,67,68,69)(H,70,71,72)(H,73,74,75). The van der Waals surface area contributed by atoms with Crippen LogP contribution in [-0.2, 0) is 58.5 Å². The molecule has 8 aromatic rings. The summed E-state index contributed by atoms with van der Waals surface area (Å²) >= 11 is 0.837. The lowest BCUT2D eigenvalue weighted by atomic mass is 10.0. The van der Waals surface area contributed by atoms with Crippen LogP contribution in [0.2, 0.25) is 0 Å². The molecule has 0 amide bonds. The Morgan fingerprint density at radius 1 is 0.448 bits per heavy atom. The molecule has 0 radical (unpaired) electrons. The molecule has 0 fully saturated rings. The quantitative estimate of drug-likeness (QED) is 0.00706. The van der Waals surface area contributed by atoms with Crippen LogP contribution < -0.4 is 5.73 Å². The van der Waals surface area contributed by atoms with Gasteiger partial charge in [-0.2, -0.15) is 30.4 Å². The number of carbonyl (C=O) groups is 3. The first-order valence-corrected chi connectivity index (χ1v) is 28.9. The van der Waals surface area contributed by atoms with Crippen molar-refractivity contribution in [2.75, 3.05) is 5.73 Å². The fourth-order valence-corrected chi connectivity index (χ4v) is 11.4. The summed E-state index contributed by atoms with van der Waals surface area (Å²) in [7, 11) is -16.7. The smallest absolute Gasteiger partial charge is 0.337 e. The molecule has 8 aromatic carbocycles. The van der Waals surface area contributed by atoms with Crippen molar-refractivity contribution in [1.82, 2.24) is 0 Å². The van der Waals surface area contributed by atoms with E-state index < -0.39 is 163 Å². The molecule has 0 heterocycles. The molecule has 14 N–H and O–H groups in total. The number of nitrogens with two attached hydrogens (primary N) is 1. The first-order valence-electron chi connectivity index (χ1n) is 22.3. The summed E-state index contributed by atoms with van der Waals surface area (Å²) in [6, 6.07) is 14.5. The Morgan fingerprint density at radius 2 is 0.989 bits per heavy atom. The van der Waals surface area contributed by atoms with E-state index in [1.54, 1.807) is 0 Å². The largest absolute Gasteiger partial charge is 0.505 e. The number of phenols is 3. The Morgan fingerprint density at radius 3 is 1.59 bits per heavy atom. The summed E-state index contributed by atoms with van der Waals surface area (Å²) in [5.41, 5.74) is -1.11. The molecule has 0 spiro atoms. The lowest BCUT2D eigenvalue weighted by Gasteiger charge is -2.15. The minimum absolute atomic E-state index is 0.0714. The van der Waals surface area contributed by atoms with Crippen molar-refractivity contribution >= 4 is 168 Å². The topological polar surface area (TPSA) is 577 Å². The third kappa shape index (κ3) is 13.8. The second-order valence-electron chi connectivity index (χ2n) is 16.6. The Labute approximate surface area is 494 Å². The monoisotopic (exact) mass is 1320 g/mol. The molecule has 8 rings (SSSR count). The molecule has 42 heteroatoms. The van der Waals surface area contributed by atoms with Gasteiger partial charge in [0, 0.05) is 26.4 Å². The van der Waals surface area contributed by atoms with Crippen LogP contribution in [0, 0.1) is 0 Å². The van der Waals surface area contributed by atoms with Gasteiger partial charge in [-0.15, -0.1) is 48.8 Å². The number of rotatable bonds is 23. The number of aromatic hydroxyl groups is 3. The predicted molar refractivity (Wildman–Crippen MR) is 293 cm³/mol. The van der Waals surface area contributed by atoms with E-state index in [0.717, 1.165) is 42.5 Å². The average Bonchev–Trinajstić information content (AvgIpc) is 0.821. The van der Waals surface area contributed by atoms with E-state index in [9.17, 15) is 83.9 Å². The van der Waals surface area contributed by atoms with E-state index in [2.05, 4.69) is 69.0 Å². The van der Waals surface area contributed by atoms with E-state index in [1.165, 1.54) is 30.3 Å². The molecule has 0 aliphatic heterocycles. The highest BCUT2D eigenvalue weighted by molar-refractivity contribution is 7.95. The molecule has 452 valence electrons. The van der Waals surface area contributed by atoms with Crippen LogP contribution in [0.4, 0.5) is 51.2 Å². The van der Waals surface area contributed by atoms with Gasteiger partial charge >= 0.3 is 17.9 Å². The number of hydrogen-bond acceptors (Lipinski definition) is 33. The third-order valence-corrected chi connectivity index (χ3v) is 16.0. The molecule has 0 atom stereocenters. The van der Waals surface area contributed by atoms with Crippen LogP contribution in [0.25, 0.3) is 32.3 Å². The molecule has 0 aromatic heterocycles. The number of anilines is 1. The van der Waals surface area contributed by atoms with Gasteiger partial charge in [-0.3, -0.25) is 13.7 Å². The number of aromatic carboxylic acids is 3. The number of nitrogens with zero attached hydrogens (tertiary/aromatic N) is 8. The lowest BCUT2D eigenvalue weighted by Crippen LogP contribution is -2.03. The summed E-state index contributed by atoms with van der Waals surface area (Å²) < 4.78 is 123. The summed E-state index contributed by atoms with van der Waals surface area (Å²) in [5.74, 6) is -7.76. The number of carboxylic acid groups (broad SMARTS) is 3. The Bertz CT molecular complexity index is 4690. The Kier molecular flexibility index (Phi) is 19.0. The van der Waals surface area contributed by atoms with E-state index in [0.29, 0.717) is 42.3 Å². The van der Waals surface area contributed by atoms with E-state index in [-0.39, 0.29) is 44.0 Å². The molecule has 36 nitrogen and oxygen atoms in total. The number of nitrogen functional groups attached to an aromatic ring is 1. The van der Waals surface area contributed by atoms with Crippen molar-refractivity contribution in [2.45, 2.75) is 29.4 Å². The fraction of sp³-hybridized carbons (Fsp3) is 0. The summed E-state index contributed by atoms with van der Waals surface area (Å²) in [6.45, 7) is 0. The van der Waals surface area contributed by atoms with Crippen molar-refractivity contribution < 1.29 is 128 Å². The fourth-order valence-electron chi connectivity index (χ4n) is 7.88. The van der Waals surface area contributed by atoms with Gasteiger partial charge in [0.05, 0.1) is 79.4 Å². The zero-order chi connectivity index (χ0) is 63.4. The SMILES string of the molecule is Nc1c(N=Nc2ccc3c(O)c(N=Nc4cc(C(=O)O)ccc4C(=O)O)c(S(=O)(=O)O)cc3c2S(=O)(=O)O)cc(S(=O)(=O)O)c2cc(SOOO)c(N=Nc3ccc4cc(SOOO)c(N=Nc5cc(SOOO)ccc5C(=O)O)c(O)c4c3)c(O)c12. The van der Waals surface area contributed by atoms with E-state index >= 15 is 0 Å². The first-order chi connectivity index (χ1) is 41.1. The Hall–Kier alpha value is -9.03. The number of benzene rings is 8. The van der Waals surface area contributed by atoms with Crippen molar-refractivity contribution in [3.05, 3.63) is 108 Å². The minimum Gasteiger partial charge on any atom is -0.505 e. The van der Waals surface area contributed by atoms with Gasteiger partial charge in [0.25, 0.3) is 30.4 Å². The zero-order valence-electron chi connectivity index (χ0n) is 41.8. The normalized spacial score (nSPS) is 12.5. The summed E-state index contributed by atoms with van der Waals surface area (Å²) in [4.78, 5) is 31.2. The lowest BCUT2D eigenvalue weighted by molar-refractivity contribution is -0.432. The second kappa shape index (κ2) is 25.9. The molecule has 0 unspecified atom stereocenters. The average molecular weight is 1320 g/mol. The summed E-state index contributed by atoms with van der Waals surface area (Å²) in [6.07, 6.45) is 0. The molecule has 0 saturated heterocycles. The third-order valence-electron chi connectivity index (χ3n) is 11.5. The van der Waals surface area contributed by atoms with Gasteiger partial charge in [0.2, 0.25) is 0 Å². The van der Waals surface area contributed by atoms with Gasteiger partial charge in [-0.05, 0) is 90.3 Å². The van der Waals surface area contributed by atoms with Gasteiger partial charge in [0.15, 0.2) is 17.2 Å². The maximum Gasteiger partial charge on any atom is 0.337 e. The number of phenolic OH excluding ortho intramolecular Hbond substituents is 3.